The van der Waals surface area contributed by atoms with Crippen LogP contribution in [0.3, 0.4) is 0 Å². The summed E-state index contributed by atoms with van der Waals surface area (Å²) in [5.74, 6) is 0. The summed E-state index contributed by atoms with van der Waals surface area (Å²) in [6, 6.07) is 0. The standard InChI is InChI=1S/ClH3O3/c2-1(3)4/h2-4H/q+2. The van der Waals surface area contributed by atoms with Crippen molar-refractivity contribution < 1.29 is 24.8 Å². The second-order valence-electron chi connectivity index (χ2n) is 0.227. The third kappa shape index (κ3) is 103. The first-order valence-electron chi connectivity index (χ1n) is 0.507. The minimum absolute atomic E-state index is 2.10. The van der Waals surface area contributed by atoms with E-state index in [4.69, 9.17) is 14.0 Å². The molecule has 0 saturated heterocycles. The molecule has 0 unspecified atom stereocenters. The van der Waals surface area contributed by atoms with Crippen LogP contribution in [0.5, 0.6) is 0 Å². The molecule has 0 aliphatic heterocycles. The molecule has 0 rings (SSSR count). The van der Waals surface area contributed by atoms with Crippen LogP contribution in [0.2, 0.25) is 0 Å². The number of halogens is 1. The Morgan fingerprint density at radius 1 is 1.00 bits per heavy atom. The monoisotopic (exact) mass is 86.0 g/mol. The van der Waals surface area contributed by atoms with Crippen LogP contribution in [0.15, 0.2) is 0 Å². The van der Waals surface area contributed by atoms with Gasteiger partial charge in [-0.2, -0.15) is 0 Å². The molecule has 0 aliphatic carbocycles. The quantitative estimate of drug-likeness (QED) is 0.330. The Labute approximate surface area is 25.9 Å². The summed E-state index contributed by atoms with van der Waals surface area (Å²) in [5, 5.41) is 0. The van der Waals surface area contributed by atoms with Crippen molar-refractivity contribution in [1.29, 1.82) is 0 Å². The highest BCUT2D eigenvalue weighted by atomic mass is 35.6. The van der Waals surface area contributed by atoms with Crippen LogP contribution in [0, 0.1) is 10.8 Å². The lowest BCUT2D eigenvalue weighted by molar-refractivity contribution is -1.37. The summed E-state index contributed by atoms with van der Waals surface area (Å²) in [5.41, 5.74) is 0. The summed E-state index contributed by atoms with van der Waals surface area (Å²) in [7, 11) is -2.10. The van der Waals surface area contributed by atoms with Gasteiger partial charge < -0.3 is 0 Å². The van der Waals surface area contributed by atoms with Gasteiger partial charge in [0.2, 0.25) is 0 Å². The van der Waals surface area contributed by atoms with Gasteiger partial charge in [-0.25, -0.2) is 0 Å². The lowest BCUT2D eigenvalue weighted by Crippen LogP contribution is -1.88. The minimum atomic E-state index is -2.10. The lowest BCUT2D eigenvalue weighted by atomic mass is 15.8. The number of hydrogen-bond acceptors (Lipinski definition) is 3. The van der Waals surface area contributed by atoms with Crippen LogP contribution >= 0.6 is 0 Å². The topological polar surface area (TPSA) is 60.7 Å². The van der Waals surface area contributed by atoms with Gasteiger partial charge in [-0.05, 0) is 0 Å². The Hall–Kier alpha value is 0.170. The molecule has 3 nitrogen and oxygen atoms in total. The molecule has 0 spiro atoms. The van der Waals surface area contributed by atoms with Gasteiger partial charge in [0.15, 0.2) is 0 Å². The number of rotatable bonds is 0. The zero-order valence-electron chi connectivity index (χ0n) is 1.72. The fourth-order valence-electron chi connectivity index (χ4n) is 0. The van der Waals surface area contributed by atoms with Gasteiger partial charge in [0.1, 0.15) is 0 Å². The molecule has 0 aliphatic rings. The van der Waals surface area contributed by atoms with Gasteiger partial charge in [0.25, 0.3) is 0 Å². The van der Waals surface area contributed by atoms with Gasteiger partial charge in [-0.1, -0.05) is 0 Å². The summed E-state index contributed by atoms with van der Waals surface area (Å²) < 4.78 is 21.5. The normalized spacial score (nSPS) is 9.00. The van der Waals surface area contributed by atoms with Gasteiger partial charge in [0.05, 0.1) is 14.0 Å². The Morgan fingerprint density at radius 2 is 1.00 bits per heavy atom. The summed E-state index contributed by atoms with van der Waals surface area (Å²) >= 11 is 0. The summed E-state index contributed by atoms with van der Waals surface area (Å²) in [4.78, 5) is 0. The molecule has 26 valence electrons. The predicted molar refractivity (Wildman–Crippen MR) is 6.66 cm³/mol. The molecule has 0 atom stereocenters. The molecule has 4 heavy (non-hydrogen) atoms. The summed E-state index contributed by atoms with van der Waals surface area (Å²) in [6.45, 7) is 0. The van der Waals surface area contributed by atoms with Crippen molar-refractivity contribution in [3.05, 3.63) is 0 Å². The van der Waals surface area contributed by atoms with Crippen molar-refractivity contribution in [3.8, 4) is 0 Å². The van der Waals surface area contributed by atoms with E-state index in [1.807, 2.05) is 0 Å². The van der Waals surface area contributed by atoms with Gasteiger partial charge in [-0.3, -0.25) is 0 Å². The molecule has 0 bridgehead atoms. The molecule has 0 aromatic heterocycles. The first kappa shape index (κ1) is 4.17. The van der Waals surface area contributed by atoms with E-state index in [2.05, 4.69) is 0 Å². The molecule has 0 aromatic rings. The van der Waals surface area contributed by atoms with Crippen molar-refractivity contribution in [2.24, 2.45) is 0 Å². The summed E-state index contributed by atoms with van der Waals surface area (Å²) in [6.07, 6.45) is 0. The molecule has 3 N–H and O–H groups in total. The van der Waals surface area contributed by atoms with Gasteiger partial charge >= 0.3 is 10.8 Å². The zero-order chi connectivity index (χ0) is 3.58. The zero-order valence-corrected chi connectivity index (χ0v) is 2.48. The van der Waals surface area contributed by atoms with E-state index in [1.54, 1.807) is 0 Å². The average Bonchev–Trinajstić information content (AvgIpc) is 0.811. The molecule has 0 radical (unpaired) electrons. The van der Waals surface area contributed by atoms with Gasteiger partial charge in [-0.15, -0.1) is 0 Å². The van der Waals surface area contributed by atoms with E-state index >= 15 is 0 Å². The van der Waals surface area contributed by atoms with E-state index in [9.17, 15) is 0 Å². The van der Waals surface area contributed by atoms with Crippen LogP contribution < -0.4 is 0 Å². The van der Waals surface area contributed by atoms with Crippen LogP contribution in [0.4, 0.5) is 0 Å². The highest BCUT2D eigenvalue weighted by molar-refractivity contribution is 2.19. The molecular weight excluding hydrogens is 83.5 g/mol. The lowest BCUT2D eigenvalue weighted by Gasteiger charge is -1.38. The predicted octanol–water partition coefficient (Wildman–Crippen LogP) is -1.67. The van der Waals surface area contributed by atoms with Crippen LogP contribution in [-0.4, -0.2) is 14.0 Å². The second kappa shape index (κ2) is 1.49. The maximum Gasteiger partial charge on any atom is 0.683 e. The SMILES string of the molecule is O[Cl+2](O)O. The van der Waals surface area contributed by atoms with Crippen molar-refractivity contribution in [1.82, 2.24) is 0 Å². The van der Waals surface area contributed by atoms with E-state index < -0.39 is 10.8 Å². The highest BCUT2D eigenvalue weighted by Gasteiger charge is 2.14. The largest absolute Gasteiger partial charge is 0.683 e. The second-order valence-corrected chi connectivity index (χ2v) is 0.680. The Balaban J connectivity index is 2.32. The van der Waals surface area contributed by atoms with E-state index in [0.29, 0.717) is 0 Å². The Kier molecular flexibility index (Phi) is 1.55. The molecule has 0 heterocycles. The first-order chi connectivity index (χ1) is 1.73. The molecule has 4 heteroatoms. The third-order valence-corrected chi connectivity index (χ3v) is 0. The smallest absolute Gasteiger partial charge is 0.0744 e. The van der Waals surface area contributed by atoms with E-state index in [-0.39, 0.29) is 0 Å². The molecule has 0 aromatic carbocycles. The highest BCUT2D eigenvalue weighted by Crippen LogP contribution is 1.59. The minimum Gasteiger partial charge on any atom is 0.0744 e. The molecule has 0 saturated carbocycles. The van der Waals surface area contributed by atoms with Crippen molar-refractivity contribution in [2.75, 3.05) is 0 Å². The molecule has 0 amide bonds. The average molecular weight is 86.5 g/mol. The Bertz CT molecular complexity index is 8.00. The van der Waals surface area contributed by atoms with Crippen molar-refractivity contribution in [3.63, 3.8) is 0 Å². The van der Waals surface area contributed by atoms with Gasteiger partial charge in [0, 0.05) is 0 Å². The van der Waals surface area contributed by atoms with Crippen LogP contribution in [0.25, 0.3) is 0 Å². The van der Waals surface area contributed by atoms with Crippen LogP contribution in [-0.2, 0) is 0 Å². The molecular formula is H3ClO3+2. The van der Waals surface area contributed by atoms with E-state index in [1.165, 1.54) is 0 Å². The Morgan fingerprint density at radius 3 is 1.00 bits per heavy atom. The van der Waals surface area contributed by atoms with E-state index in [0.717, 1.165) is 0 Å². The van der Waals surface area contributed by atoms with Crippen molar-refractivity contribution >= 4 is 0 Å². The fourth-order valence-corrected chi connectivity index (χ4v) is 0. The third-order valence-electron chi connectivity index (χ3n) is 0. The van der Waals surface area contributed by atoms with Crippen LogP contribution in [0.1, 0.15) is 0 Å². The maximum atomic E-state index is 7.16. The molecule has 0 fully saturated rings. The first-order valence-corrected chi connectivity index (χ1v) is 1.52. The fraction of sp³-hybridized carbons (Fsp3) is 0. The van der Waals surface area contributed by atoms with Crippen molar-refractivity contribution in [2.45, 2.75) is 0 Å². The maximum absolute atomic E-state index is 7.16. The number of hydrogen-bond donors (Lipinski definition) is 3.